The van der Waals surface area contributed by atoms with Crippen LogP contribution >= 0.6 is 22.7 Å². The zero-order chi connectivity index (χ0) is 10.8. The molecule has 1 fully saturated rings. The minimum absolute atomic E-state index is 0.132. The molecule has 2 aromatic rings. The number of hydrogen-bond donors (Lipinski definition) is 0. The molecular weight excluding hydrogens is 240 g/mol. The molecule has 1 atom stereocenters. The maximum atomic E-state index is 5.68. The van der Waals surface area contributed by atoms with E-state index in [2.05, 4.69) is 29.6 Å². The maximum absolute atomic E-state index is 5.68. The Balaban J connectivity index is 1.82. The fourth-order valence-corrected chi connectivity index (χ4v) is 3.61. The summed E-state index contributed by atoms with van der Waals surface area (Å²) in [5.74, 6) is 0. The predicted octanol–water partition coefficient (Wildman–Crippen LogP) is 3.56. The Morgan fingerprint density at radius 1 is 1.12 bits per heavy atom. The zero-order valence-corrected chi connectivity index (χ0v) is 10.4. The second-order valence-corrected chi connectivity index (χ2v) is 5.68. The summed E-state index contributed by atoms with van der Waals surface area (Å²) in [5, 5.41) is 2.11. The molecule has 1 aliphatic heterocycles. The fraction of sp³-hybridized carbons (Fsp3) is 0.333. The molecule has 1 saturated heterocycles. The van der Waals surface area contributed by atoms with E-state index in [9.17, 15) is 0 Å². The topological polar surface area (TPSA) is 18.5 Å². The molecular formula is C12H12O2S2. The third kappa shape index (κ3) is 2.06. The van der Waals surface area contributed by atoms with Crippen LogP contribution in [0.5, 0.6) is 0 Å². The zero-order valence-electron chi connectivity index (χ0n) is 8.72. The molecule has 0 saturated carbocycles. The van der Waals surface area contributed by atoms with Gasteiger partial charge in [-0.1, -0.05) is 6.07 Å². The van der Waals surface area contributed by atoms with E-state index < -0.39 is 0 Å². The maximum Gasteiger partial charge on any atom is 0.115 e. The van der Waals surface area contributed by atoms with Crippen molar-refractivity contribution in [3.63, 3.8) is 0 Å². The molecule has 3 heterocycles. The quantitative estimate of drug-likeness (QED) is 0.813. The van der Waals surface area contributed by atoms with E-state index >= 15 is 0 Å². The lowest BCUT2D eigenvalue weighted by Gasteiger charge is -2.21. The van der Waals surface area contributed by atoms with Crippen molar-refractivity contribution in [2.24, 2.45) is 0 Å². The van der Waals surface area contributed by atoms with E-state index in [1.54, 1.807) is 22.7 Å². The molecule has 1 aliphatic rings. The lowest BCUT2D eigenvalue weighted by Crippen LogP contribution is -2.21. The molecule has 0 aromatic carbocycles. The monoisotopic (exact) mass is 252 g/mol. The summed E-state index contributed by atoms with van der Waals surface area (Å²) in [5.41, 5.74) is 0. The van der Waals surface area contributed by atoms with Gasteiger partial charge in [0.15, 0.2) is 0 Å². The Morgan fingerprint density at radius 3 is 2.88 bits per heavy atom. The van der Waals surface area contributed by atoms with Gasteiger partial charge in [0, 0.05) is 14.6 Å². The van der Waals surface area contributed by atoms with Crippen LogP contribution in [0.4, 0.5) is 0 Å². The first-order valence-electron chi connectivity index (χ1n) is 5.26. The Kier molecular flexibility index (Phi) is 3.06. The second kappa shape index (κ2) is 4.67. The minimum Gasteiger partial charge on any atom is -0.376 e. The van der Waals surface area contributed by atoms with Gasteiger partial charge in [-0.3, -0.25) is 0 Å². The molecule has 0 bridgehead atoms. The summed E-state index contributed by atoms with van der Waals surface area (Å²) >= 11 is 3.58. The van der Waals surface area contributed by atoms with Gasteiger partial charge in [-0.25, -0.2) is 0 Å². The van der Waals surface area contributed by atoms with Crippen molar-refractivity contribution in [3.05, 3.63) is 34.5 Å². The highest BCUT2D eigenvalue weighted by molar-refractivity contribution is 7.21. The second-order valence-electron chi connectivity index (χ2n) is 3.61. The summed E-state index contributed by atoms with van der Waals surface area (Å²) < 4.78 is 11.1. The SMILES string of the molecule is c1csc(-c2ccc(C3COCCO3)s2)c1. The lowest BCUT2D eigenvalue weighted by molar-refractivity contribution is -0.0887. The van der Waals surface area contributed by atoms with Crippen molar-refractivity contribution in [1.29, 1.82) is 0 Å². The smallest absolute Gasteiger partial charge is 0.115 e. The van der Waals surface area contributed by atoms with E-state index in [1.165, 1.54) is 14.6 Å². The third-order valence-corrected chi connectivity index (χ3v) is 4.77. The fourth-order valence-electron chi connectivity index (χ4n) is 1.73. The molecule has 0 aliphatic carbocycles. The molecule has 16 heavy (non-hydrogen) atoms. The van der Waals surface area contributed by atoms with Crippen molar-refractivity contribution in [2.75, 3.05) is 19.8 Å². The molecule has 0 N–H and O–H groups in total. The number of ether oxygens (including phenoxy) is 2. The van der Waals surface area contributed by atoms with E-state index in [-0.39, 0.29) is 6.10 Å². The average molecular weight is 252 g/mol. The van der Waals surface area contributed by atoms with Crippen molar-refractivity contribution in [2.45, 2.75) is 6.10 Å². The highest BCUT2D eigenvalue weighted by Crippen LogP contribution is 2.35. The van der Waals surface area contributed by atoms with Crippen LogP contribution in [-0.4, -0.2) is 19.8 Å². The van der Waals surface area contributed by atoms with Gasteiger partial charge in [0.25, 0.3) is 0 Å². The van der Waals surface area contributed by atoms with Crippen molar-refractivity contribution < 1.29 is 9.47 Å². The van der Waals surface area contributed by atoms with Crippen LogP contribution in [0.15, 0.2) is 29.6 Å². The average Bonchev–Trinajstić information content (AvgIpc) is 3.01. The molecule has 2 aromatic heterocycles. The van der Waals surface area contributed by atoms with E-state index in [1.807, 2.05) is 0 Å². The van der Waals surface area contributed by atoms with Gasteiger partial charge < -0.3 is 9.47 Å². The summed E-state index contributed by atoms with van der Waals surface area (Å²) in [7, 11) is 0. The molecule has 4 heteroatoms. The first-order chi connectivity index (χ1) is 7.93. The van der Waals surface area contributed by atoms with Gasteiger partial charge in [0.2, 0.25) is 0 Å². The number of rotatable bonds is 2. The standard InChI is InChI=1S/C12H12O2S2/c1-2-11(15-7-1)12-4-3-10(16-12)9-8-13-5-6-14-9/h1-4,7,9H,5-6,8H2. The molecule has 2 nitrogen and oxygen atoms in total. The predicted molar refractivity (Wildman–Crippen MR) is 67.1 cm³/mol. The summed E-state index contributed by atoms with van der Waals surface area (Å²) in [6.07, 6.45) is 0.132. The Bertz CT molecular complexity index is 441. The van der Waals surface area contributed by atoms with E-state index in [0.29, 0.717) is 13.2 Å². The third-order valence-electron chi connectivity index (χ3n) is 2.52. The Morgan fingerprint density at radius 2 is 2.12 bits per heavy atom. The molecule has 3 rings (SSSR count). The van der Waals surface area contributed by atoms with Crippen LogP contribution in [-0.2, 0) is 9.47 Å². The summed E-state index contributed by atoms with van der Waals surface area (Å²) in [6.45, 7) is 2.11. The first-order valence-corrected chi connectivity index (χ1v) is 6.96. The molecule has 84 valence electrons. The van der Waals surface area contributed by atoms with Crippen LogP contribution in [0.3, 0.4) is 0 Å². The largest absolute Gasteiger partial charge is 0.376 e. The van der Waals surface area contributed by atoms with E-state index in [4.69, 9.17) is 9.47 Å². The number of hydrogen-bond acceptors (Lipinski definition) is 4. The number of thiophene rings is 2. The Labute approximate surface area is 102 Å². The van der Waals surface area contributed by atoms with Crippen LogP contribution in [0.2, 0.25) is 0 Å². The highest BCUT2D eigenvalue weighted by Gasteiger charge is 2.18. The minimum atomic E-state index is 0.132. The molecule has 0 spiro atoms. The summed E-state index contributed by atoms with van der Waals surface area (Å²) in [4.78, 5) is 3.91. The van der Waals surface area contributed by atoms with Crippen LogP contribution in [0, 0.1) is 0 Å². The van der Waals surface area contributed by atoms with Gasteiger partial charge in [-0.15, -0.1) is 22.7 Å². The normalized spacial score (nSPS) is 21.1. The highest BCUT2D eigenvalue weighted by atomic mass is 32.1. The summed E-state index contributed by atoms with van der Waals surface area (Å²) in [6, 6.07) is 8.56. The van der Waals surface area contributed by atoms with Crippen molar-refractivity contribution in [1.82, 2.24) is 0 Å². The van der Waals surface area contributed by atoms with Gasteiger partial charge in [0.1, 0.15) is 6.10 Å². The first kappa shape index (κ1) is 10.5. The Hall–Kier alpha value is -0.680. The van der Waals surface area contributed by atoms with Crippen LogP contribution in [0.1, 0.15) is 11.0 Å². The van der Waals surface area contributed by atoms with Crippen LogP contribution < -0.4 is 0 Å². The molecule has 0 radical (unpaired) electrons. The van der Waals surface area contributed by atoms with Gasteiger partial charge in [-0.05, 0) is 23.6 Å². The van der Waals surface area contributed by atoms with Gasteiger partial charge in [-0.2, -0.15) is 0 Å². The van der Waals surface area contributed by atoms with Gasteiger partial charge >= 0.3 is 0 Å². The molecule has 0 amide bonds. The van der Waals surface area contributed by atoms with Gasteiger partial charge in [0.05, 0.1) is 19.8 Å². The molecule has 1 unspecified atom stereocenters. The van der Waals surface area contributed by atoms with Crippen LogP contribution in [0.25, 0.3) is 9.75 Å². The lowest BCUT2D eigenvalue weighted by atomic mass is 10.3. The van der Waals surface area contributed by atoms with Crippen molar-refractivity contribution >= 4 is 22.7 Å². The van der Waals surface area contributed by atoms with E-state index in [0.717, 1.165) is 6.61 Å². The van der Waals surface area contributed by atoms with Crippen molar-refractivity contribution in [3.8, 4) is 9.75 Å².